The number of hydrogen-bond acceptors (Lipinski definition) is 2. The Bertz CT molecular complexity index is 472. The zero-order valence-corrected chi connectivity index (χ0v) is 12.0. The van der Waals surface area contributed by atoms with Crippen LogP contribution >= 0.6 is 0 Å². The Morgan fingerprint density at radius 2 is 1.70 bits per heavy atom. The molecule has 3 aliphatic rings. The van der Waals surface area contributed by atoms with Gasteiger partial charge in [-0.05, 0) is 48.3 Å². The molecule has 0 N–H and O–H groups in total. The number of fused-ring (bicyclic) bond motifs is 1. The molecule has 0 bridgehead atoms. The molecule has 3 fully saturated rings. The lowest BCUT2D eigenvalue weighted by Crippen LogP contribution is -2.29. The van der Waals surface area contributed by atoms with E-state index >= 15 is 0 Å². The first-order valence-corrected chi connectivity index (χ1v) is 7.95. The maximum absolute atomic E-state index is 13.2. The van der Waals surface area contributed by atoms with E-state index in [0.717, 1.165) is 29.9 Å². The first-order chi connectivity index (χ1) is 9.76. The standard InChI is InChI=1S/C17H23FN2/c18-17-3-1-2-14(6-17)8-20-11-15-9-19(7-13-4-5-13)10-16(15)12-20/h1-3,6,13,15-16H,4-5,7-12H2/t15-,16-/m1/s1. The van der Waals surface area contributed by atoms with Crippen molar-refractivity contribution in [1.29, 1.82) is 0 Å². The maximum Gasteiger partial charge on any atom is 0.123 e. The van der Waals surface area contributed by atoms with Crippen LogP contribution in [0.25, 0.3) is 0 Å². The number of likely N-dealkylation sites (tertiary alicyclic amines) is 2. The van der Waals surface area contributed by atoms with Crippen molar-refractivity contribution in [1.82, 2.24) is 9.80 Å². The van der Waals surface area contributed by atoms with E-state index in [0.29, 0.717) is 0 Å². The zero-order chi connectivity index (χ0) is 13.5. The Labute approximate surface area is 120 Å². The van der Waals surface area contributed by atoms with E-state index in [1.54, 1.807) is 6.07 Å². The third-order valence-corrected chi connectivity index (χ3v) is 5.15. The Morgan fingerprint density at radius 1 is 1.00 bits per heavy atom. The summed E-state index contributed by atoms with van der Waals surface area (Å²) in [5, 5.41) is 0. The van der Waals surface area contributed by atoms with Gasteiger partial charge in [0.05, 0.1) is 0 Å². The Morgan fingerprint density at radius 3 is 2.35 bits per heavy atom. The van der Waals surface area contributed by atoms with Gasteiger partial charge in [0.2, 0.25) is 0 Å². The molecule has 1 aromatic carbocycles. The summed E-state index contributed by atoms with van der Waals surface area (Å²) in [5.41, 5.74) is 1.11. The molecule has 0 aromatic heterocycles. The lowest BCUT2D eigenvalue weighted by molar-refractivity contribution is 0.245. The predicted molar refractivity (Wildman–Crippen MR) is 77.8 cm³/mol. The maximum atomic E-state index is 13.2. The van der Waals surface area contributed by atoms with Crippen molar-refractivity contribution >= 4 is 0 Å². The van der Waals surface area contributed by atoms with Gasteiger partial charge in [-0.15, -0.1) is 0 Å². The molecule has 20 heavy (non-hydrogen) atoms. The Balaban J connectivity index is 1.31. The lowest BCUT2D eigenvalue weighted by Gasteiger charge is -2.21. The minimum Gasteiger partial charge on any atom is -0.302 e. The second-order valence-electron chi connectivity index (χ2n) is 7.01. The molecule has 0 amide bonds. The van der Waals surface area contributed by atoms with Crippen LogP contribution in [0.3, 0.4) is 0 Å². The van der Waals surface area contributed by atoms with Crippen molar-refractivity contribution in [3.05, 3.63) is 35.6 Å². The summed E-state index contributed by atoms with van der Waals surface area (Å²) < 4.78 is 13.2. The predicted octanol–water partition coefficient (Wildman–Crippen LogP) is 2.60. The number of halogens is 1. The minimum atomic E-state index is -0.113. The molecule has 2 nitrogen and oxygen atoms in total. The van der Waals surface area contributed by atoms with Gasteiger partial charge in [0.1, 0.15) is 5.82 Å². The molecule has 108 valence electrons. The molecule has 2 aliphatic heterocycles. The number of benzene rings is 1. The fraction of sp³-hybridized carbons (Fsp3) is 0.647. The topological polar surface area (TPSA) is 6.48 Å². The summed E-state index contributed by atoms with van der Waals surface area (Å²) >= 11 is 0. The average Bonchev–Trinajstić information content (AvgIpc) is 3.01. The van der Waals surface area contributed by atoms with E-state index in [1.165, 1.54) is 51.6 Å². The van der Waals surface area contributed by atoms with Gasteiger partial charge in [0.15, 0.2) is 0 Å². The highest BCUT2D eigenvalue weighted by Crippen LogP contribution is 2.36. The highest BCUT2D eigenvalue weighted by Gasteiger charge is 2.40. The van der Waals surface area contributed by atoms with Crippen molar-refractivity contribution < 1.29 is 4.39 Å². The van der Waals surface area contributed by atoms with E-state index in [1.807, 2.05) is 12.1 Å². The van der Waals surface area contributed by atoms with Crippen LogP contribution in [0, 0.1) is 23.6 Å². The first kappa shape index (κ1) is 12.8. The molecular formula is C17H23FN2. The highest BCUT2D eigenvalue weighted by molar-refractivity contribution is 5.16. The van der Waals surface area contributed by atoms with Gasteiger partial charge in [0, 0.05) is 39.3 Å². The van der Waals surface area contributed by atoms with E-state index in [4.69, 9.17) is 0 Å². The molecule has 0 radical (unpaired) electrons. The van der Waals surface area contributed by atoms with Crippen molar-refractivity contribution in [2.45, 2.75) is 19.4 Å². The van der Waals surface area contributed by atoms with Crippen molar-refractivity contribution in [2.75, 3.05) is 32.7 Å². The quantitative estimate of drug-likeness (QED) is 0.833. The highest BCUT2D eigenvalue weighted by atomic mass is 19.1. The lowest BCUT2D eigenvalue weighted by atomic mass is 10.0. The van der Waals surface area contributed by atoms with Crippen LogP contribution in [0.1, 0.15) is 18.4 Å². The molecule has 0 spiro atoms. The van der Waals surface area contributed by atoms with E-state index < -0.39 is 0 Å². The number of rotatable bonds is 4. The van der Waals surface area contributed by atoms with Crippen LogP contribution < -0.4 is 0 Å². The molecule has 1 aromatic rings. The molecule has 1 aliphatic carbocycles. The second kappa shape index (κ2) is 5.12. The smallest absolute Gasteiger partial charge is 0.123 e. The molecule has 2 heterocycles. The molecule has 1 saturated carbocycles. The van der Waals surface area contributed by atoms with Gasteiger partial charge in [-0.2, -0.15) is 0 Å². The van der Waals surface area contributed by atoms with Crippen molar-refractivity contribution in [2.24, 2.45) is 17.8 Å². The number of nitrogens with zero attached hydrogens (tertiary/aromatic N) is 2. The van der Waals surface area contributed by atoms with Gasteiger partial charge in [-0.25, -0.2) is 4.39 Å². The number of hydrogen-bond donors (Lipinski definition) is 0. The van der Waals surface area contributed by atoms with Crippen LogP contribution in [0.5, 0.6) is 0 Å². The van der Waals surface area contributed by atoms with Crippen LogP contribution in [0.15, 0.2) is 24.3 Å². The largest absolute Gasteiger partial charge is 0.302 e. The minimum absolute atomic E-state index is 0.113. The van der Waals surface area contributed by atoms with Crippen molar-refractivity contribution in [3.63, 3.8) is 0 Å². The summed E-state index contributed by atoms with van der Waals surface area (Å²) in [6.07, 6.45) is 2.91. The third-order valence-electron chi connectivity index (χ3n) is 5.15. The fourth-order valence-corrected chi connectivity index (χ4v) is 4.02. The molecule has 3 heteroatoms. The second-order valence-corrected chi connectivity index (χ2v) is 7.01. The molecular weight excluding hydrogens is 251 g/mol. The molecule has 2 atom stereocenters. The molecule has 0 unspecified atom stereocenters. The monoisotopic (exact) mass is 274 g/mol. The van der Waals surface area contributed by atoms with Crippen molar-refractivity contribution in [3.8, 4) is 0 Å². The normalized spacial score (nSPS) is 30.9. The van der Waals surface area contributed by atoms with Crippen LogP contribution in [0.4, 0.5) is 4.39 Å². The fourth-order valence-electron chi connectivity index (χ4n) is 4.02. The van der Waals surface area contributed by atoms with E-state index in [-0.39, 0.29) is 5.82 Å². The van der Waals surface area contributed by atoms with E-state index in [2.05, 4.69) is 9.80 Å². The van der Waals surface area contributed by atoms with Gasteiger partial charge >= 0.3 is 0 Å². The summed E-state index contributed by atoms with van der Waals surface area (Å²) in [6.45, 7) is 7.23. The zero-order valence-electron chi connectivity index (χ0n) is 12.0. The summed E-state index contributed by atoms with van der Waals surface area (Å²) in [4.78, 5) is 5.20. The first-order valence-electron chi connectivity index (χ1n) is 7.95. The Hall–Kier alpha value is -0.930. The SMILES string of the molecule is Fc1cccc(CN2C[C@H]3CN(CC4CC4)C[C@@H]3C2)c1. The molecule has 2 saturated heterocycles. The van der Waals surface area contributed by atoms with Gasteiger partial charge in [0.25, 0.3) is 0 Å². The third kappa shape index (κ3) is 2.75. The van der Waals surface area contributed by atoms with Crippen LogP contribution in [-0.2, 0) is 6.54 Å². The van der Waals surface area contributed by atoms with Gasteiger partial charge in [-0.1, -0.05) is 12.1 Å². The Kier molecular flexibility index (Phi) is 3.27. The summed E-state index contributed by atoms with van der Waals surface area (Å²) in [5.74, 6) is 2.60. The van der Waals surface area contributed by atoms with Crippen LogP contribution in [-0.4, -0.2) is 42.5 Å². The average molecular weight is 274 g/mol. The molecule has 4 rings (SSSR count). The van der Waals surface area contributed by atoms with Gasteiger partial charge in [-0.3, -0.25) is 4.90 Å². The van der Waals surface area contributed by atoms with Crippen LogP contribution in [0.2, 0.25) is 0 Å². The summed E-state index contributed by atoms with van der Waals surface area (Å²) in [7, 11) is 0. The van der Waals surface area contributed by atoms with Gasteiger partial charge < -0.3 is 4.90 Å². The summed E-state index contributed by atoms with van der Waals surface area (Å²) in [6, 6.07) is 7.06. The van der Waals surface area contributed by atoms with E-state index in [9.17, 15) is 4.39 Å².